The monoisotopic (exact) mass is 554 g/mol. The first-order chi connectivity index (χ1) is 17.3. The minimum atomic E-state index is -4.66. The van der Waals surface area contributed by atoms with Gasteiger partial charge in [0.25, 0.3) is 11.5 Å². The van der Waals surface area contributed by atoms with Crippen LogP contribution >= 0.6 is 23.2 Å². The molecule has 3 rings (SSSR count). The molecular formula is C26H23Cl2F3N2O4. The second kappa shape index (κ2) is 11.4. The first-order valence-electron chi connectivity index (χ1n) is 11.1. The van der Waals surface area contributed by atoms with Gasteiger partial charge in [-0.1, -0.05) is 53.5 Å². The Labute approximate surface area is 221 Å². The first kappa shape index (κ1) is 28.3. The number of alkyl halides is 3. The maximum atomic E-state index is 13.2. The summed E-state index contributed by atoms with van der Waals surface area (Å²) in [6.45, 7) is 3.16. The van der Waals surface area contributed by atoms with Crippen LogP contribution in [-0.4, -0.2) is 29.1 Å². The molecule has 196 valence electrons. The molecule has 0 spiro atoms. The van der Waals surface area contributed by atoms with E-state index in [2.05, 4.69) is 5.32 Å². The van der Waals surface area contributed by atoms with E-state index in [1.165, 1.54) is 19.1 Å². The zero-order valence-electron chi connectivity index (χ0n) is 20.1. The molecule has 1 aromatic heterocycles. The lowest BCUT2D eigenvalue weighted by Crippen LogP contribution is -2.43. The van der Waals surface area contributed by atoms with Crippen LogP contribution in [0.5, 0.6) is 0 Å². The van der Waals surface area contributed by atoms with Crippen molar-refractivity contribution >= 4 is 35.1 Å². The second-order valence-electron chi connectivity index (χ2n) is 8.23. The van der Waals surface area contributed by atoms with E-state index in [9.17, 15) is 27.6 Å². The highest BCUT2D eigenvalue weighted by molar-refractivity contribution is 6.39. The maximum Gasteiger partial charge on any atom is 0.431 e. The summed E-state index contributed by atoms with van der Waals surface area (Å²) in [5.74, 6) is -1.33. The molecule has 6 nitrogen and oxygen atoms in total. The number of hydrogen-bond donors (Lipinski definition) is 1. The molecule has 0 aliphatic heterocycles. The van der Waals surface area contributed by atoms with Crippen molar-refractivity contribution in [2.24, 2.45) is 7.05 Å². The summed E-state index contributed by atoms with van der Waals surface area (Å²) in [5, 5.41) is 2.83. The van der Waals surface area contributed by atoms with Crippen LogP contribution in [0.2, 0.25) is 10.0 Å². The SMILES string of the molecule is CCOC(=O)[C@H](Cc1ccc(-c2c(C)cc(C(F)(F)F)n(C)c2=O)cc1)NC(=O)c1c(Cl)cccc1Cl. The zero-order chi connectivity index (χ0) is 27.5. The number of hydrogen-bond acceptors (Lipinski definition) is 4. The van der Waals surface area contributed by atoms with Gasteiger partial charge in [-0.25, -0.2) is 4.79 Å². The van der Waals surface area contributed by atoms with Crippen LogP contribution in [0.1, 0.15) is 34.1 Å². The third kappa shape index (κ3) is 6.34. The number of pyridine rings is 1. The fourth-order valence-electron chi connectivity index (χ4n) is 3.87. The van der Waals surface area contributed by atoms with Gasteiger partial charge in [-0.05, 0) is 48.7 Å². The molecule has 0 unspecified atom stereocenters. The highest BCUT2D eigenvalue weighted by Crippen LogP contribution is 2.31. The zero-order valence-corrected chi connectivity index (χ0v) is 21.6. The average Bonchev–Trinajstić information content (AvgIpc) is 2.81. The molecule has 0 saturated heterocycles. The number of esters is 1. The predicted molar refractivity (Wildman–Crippen MR) is 135 cm³/mol. The topological polar surface area (TPSA) is 77.4 Å². The third-order valence-electron chi connectivity index (χ3n) is 5.67. The summed E-state index contributed by atoms with van der Waals surface area (Å²) in [7, 11) is 1.07. The van der Waals surface area contributed by atoms with Crippen molar-refractivity contribution in [3.8, 4) is 11.1 Å². The molecule has 0 saturated carbocycles. The van der Waals surface area contributed by atoms with E-state index in [0.29, 0.717) is 15.7 Å². The molecule has 0 fully saturated rings. The number of carbonyl (C=O) groups is 2. The Balaban J connectivity index is 1.89. The number of aromatic nitrogens is 1. The smallest absolute Gasteiger partial charge is 0.431 e. The lowest BCUT2D eigenvalue weighted by atomic mass is 9.98. The molecule has 3 aromatic rings. The molecule has 0 radical (unpaired) electrons. The number of amides is 1. The van der Waals surface area contributed by atoms with E-state index >= 15 is 0 Å². The third-order valence-corrected chi connectivity index (χ3v) is 6.30. The van der Waals surface area contributed by atoms with Crippen LogP contribution in [0.4, 0.5) is 13.2 Å². The number of halogens is 5. The number of ether oxygens (including phenoxy) is 1. The van der Waals surface area contributed by atoms with Crippen LogP contribution in [-0.2, 0) is 29.2 Å². The number of nitrogens with one attached hydrogen (secondary N) is 1. The van der Waals surface area contributed by atoms with Crippen LogP contribution in [0.25, 0.3) is 11.1 Å². The first-order valence-corrected chi connectivity index (χ1v) is 11.9. The Morgan fingerprint density at radius 3 is 2.22 bits per heavy atom. The standard InChI is InChI=1S/C26H23Cl2F3N2O4/c1-4-37-25(36)19(32-23(34)22-17(27)6-5-7-18(22)28)13-15-8-10-16(11-9-15)21-14(2)12-20(26(29,30)31)33(3)24(21)35/h5-12,19H,4,13H2,1-3H3,(H,32,34)/t19-/m0/s1. The largest absolute Gasteiger partial charge is 0.464 e. The molecule has 1 amide bonds. The number of rotatable bonds is 7. The van der Waals surface area contributed by atoms with Gasteiger partial charge in [-0.3, -0.25) is 9.59 Å². The van der Waals surface area contributed by atoms with Crippen molar-refractivity contribution in [2.75, 3.05) is 6.61 Å². The summed E-state index contributed by atoms with van der Waals surface area (Å²) in [4.78, 5) is 38.1. The van der Waals surface area contributed by atoms with Gasteiger partial charge in [0.05, 0.1) is 27.8 Å². The van der Waals surface area contributed by atoms with Gasteiger partial charge in [-0.15, -0.1) is 0 Å². The lowest BCUT2D eigenvalue weighted by molar-refractivity contribution is -0.145. The van der Waals surface area contributed by atoms with Gasteiger partial charge in [0.1, 0.15) is 11.7 Å². The van der Waals surface area contributed by atoms with E-state index in [0.717, 1.165) is 13.1 Å². The second-order valence-corrected chi connectivity index (χ2v) is 9.04. The van der Waals surface area contributed by atoms with Crippen molar-refractivity contribution in [1.82, 2.24) is 9.88 Å². The fraction of sp³-hybridized carbons (Fsp3) is 0.269. The highest BCUT2D eigenvalue weighted by atomic mass is 35.5. The van der Waals surface area contributed by atoms with Gasteiger partial charge in [0.2, 0.25) is 0 Å². The number of benzene rings is 2. The fourth-order valence-corrected chi connectivity index (χ4v) is 4.44. The van der Waals surface area contributed by atoms with Gasteiger partial charge in [0.15, 0.2) is 0 Å². The van der Waals surface area contributed by atoms with Crippen LogP contribution in [0, 0.1) is 6.92 Å². The molecule has 1 atom stereocenters. The maximum absolute atomic E-state index is 13.2. The predicted octanol–water partition coefficient (Wildman–Crippen LogP) is 5.59. The van der Waals surface area contributed by atoms with Gasteiger partial charge < -0.3 is 14.6 Å². The van der Waals surface area contributed by atoms with Crippen molar-refractivity contribution in [2.45, 2.75) is 32.5 Å². The van der Waals surface area contributed by atoms with Crippen molar-refractivity contribution in [3.05, 3.63) is 91.3 Å². The van der Waals surface area contributed by atoms with Crippen LogP contribution in [0.3, 0.4) is 0 Å². The Morgan fingerprint density at radius 1 is 1.08 bits per heavy atom. The van der Waals surface area contributed by atoms with Crippen molar-refractivity contribution < 1.29 is 27.5 Å². The summed E-state index contributed by atoms with van der Waals surface area (Å²) < 4.78 is 45.4. The number of nitrogens with zero attached hydrogens (tertiary/aromatic N) is 1. The van der Waals surface area contributed by atoms with E-state index in [1.54, 1.807) is 37.3 Å². The molecule has 1 heterocycles. The van der Waals surface area contributed by atoms with E-state index in [4.69, 9.17) is 27.9 Å². The Bertz CT molecular complexity index is 1370. The molecule has 37 heavy (non-hydrogen) atoms. The summed E-state index contributed by atoms with van der Waals surface area (Å²) >= 11 is 12.2. The van der Waals surface area contributed by atoms with Crippen molar-refractivity contribution in [1.29, 1.82) is 0 Å². The Kier molecular flexibility index (Phi) is 8.71. The molecule has 1 N–H and O–H groups in total. The number of carbonyl (C=O) groups excluding carboxylic acids is 2. The summed E-state index contributed by atoms with van der Waals surface area (Å²) in [5.41, 5.74) is -0.481. The summed E-state index contributed by atoms with van der Waals surface area (Å²) in [6.07, 6.45) is -4.63. The quantitative estimate of drug-likeness (QED) is 0.386. The molecule has 0 bridgehead atoms. The van der Waals surface area contributed by atoms with Gasteiger partial charge >= 0.3 is 12.1 Å². The number of aryl methyl sites for hydroxylation is 1. The normalized spacial score (nSPS) is 12.2. The molecule has 11 heteroatoms. The molecule has 0 aliphatic carbocycles. The van der Waals surface area contributed by atoms with E-state index in [-0.39, 0.29) is 39.8 Å². The minimum Gasteiger partial charge on any atom is -0.464 e. The minimum absolute atomic E-state index is 0.0177. The van der Waals surface area contributed by atoms with Gasteiger partial charge in [0, 0.05) is 13.5 Å². The van der Waals surface area contributed by atoms with Crippen LogP contribution < -0.4 is 10.9 Å². The Hall–Kier alpha value is -3.30. The highest BCUT2D eigenvalue weighted by Gasteiger charge is 2.34. The van der Waals surface area contributed by atoms with E-state index < -0.39 is 35.3 Å². The lowest BCUT2D eigenvalue weighted by Gasteiger charge is -2.19. The van der Waals surface area contributed by atoms with Gasteiger partial charge in [-0.2, -0.15) is 13.2 Å². The summed E-state index contributed by atoms with van der Waals surface area (Å²) in [6, 6.07) is 10.8. The average molecular weight is 555 g/mol. The molecular weight excluding hydrogens is 532 g/mol. The van der Waals surface area contributed by atoms with Crippen LogP contribution in [0.15, 0.2) is 53.3 Å². The Morgan fingerprint density at radius 2 is 1.68 bits per heavy atom. The molecule has 0 aliphatic rings. The van der Waals surface area contributed by atoms with Crippen molar-refractivity contribution in [3.63, 3.8) is 0 Å². The van der Waals surface area contributed by atoms with E-state index in [1.807, 2.05) is 0 Å². The molecule has 2 aromatic carbocycles.